The van der Waals surface area contributed by atoms with Gasteiger partial charge in [0, 0.05) is 22.2 Å². The van der Waals surface area contributed by atoms with E-state index in [4.69, 9.17) is 5.26 Å². The Labute approximate surface area is 139 Å². The lowest BCUT2D eigenvalue weighted by molar-refractivity contribution is 0.600. The predicted octanol–water partition coefficient (Wildman–Crippen LogP) is 2.93. The van der Waals surface area contributed by atoms with Gasteiger partial charge in [-0.05, 0) is 40.5 Å². The molecule has 9 heteroatoms. The summed E-state index contributed by atoms with van der Waals surface area (Å²) < 4.78 is 29.7. The second-order valence-electron chi connectivity index (χ2n) is 4.31. The molecular formula is C12H10Br2N4O2S. The highest BCUT2D eigenvalue weighted by atomic mass is 79.9. The van der Waals surface area contributed by atoms with E-state index < -0.39 is 10.0 Å². The van der Waals surface area contributed by atoms with Crippen LogP contribution in [0.15, 0.2) is 32.2 Å². The Bertz CT molecular complexity index is 853. The first-order chi connectivity index (χ1) is 9.74. The first kappa shape index (κ1) is 16.0. The normalized spacial score (nSPS) is 11.2. The van der Waals surface area contributed by atoms with Gasteiger partial charge in [0.15, 0.2) is 5.82 Å². The lowest BCUT2D eigenvalue weighted by atomic mass is 10.2. The molecule has 0 aliphatic rings. The first-order valence-corrected chi connectivity index (χ1v) is 8.73. The van der Waals surface area contributed by atoms with E-state index >= 15 is 0 Å². The largest absolute Gasteiger partial charge is 0.272 e. The van der Waals surface area contributed by atoms with E-state index in [2.05, 4.69) is 41.7 Å². The van der Waals surface area contributed by atoms with Gasteiger partial charge in [-0.15, -0.1) is 0 Å². The lowest BCUT2D eigenvalue weighted by Crippen LogP contribution is -2.15. The van der Waals surface area contributed by atoms with Crippen molar-refractivity contribution in [2.24, 2.45) is 7.05 Å². The molecule has 1 aromatic carbocycles. The molecule has 0 spiro atoms. The highest BCUT2D eigenvalue weighted by Gasteiger charge is 2.22. The zero-order chi connectivity index (χ0) is 15.8. The fourth-order valence-corrected chi connectivity index (χ4v) is 4.36. The van der Waals surface area contributed by atoms with Crippen molar-refractivity contribution in [1.82, 2.24) is 9.78 Å². The molecule has 0 unspecified atom stereocenters. The van der Waals surface area contributed by atoms with E-state index in [-0.39, 0.29) is 16.3 Å². The van der Waals surface area contributed by atoms with Crippen molar-refractivity contribution in [2.45, 2.75) is 11.8 Å². The number of anilines is 1. The number of sulfonamides is 1. The minimum Gasteiger partial charge on any atom is -0.272 e. The minimum absolute atomic E-state index is 0.00333. The van der Waals surface area contributed by atoms with Crippen LogP contribution in [0.5, 0.6) is 0 Å². The molecule has 6 nitrogen and oxygen atoms in total. The SMILES string of the molecule is Cc1cc(Br)c(S(=O)(=O)Nc2nn(C)cc2C#N)cc1Br. The molecule has 0 aliphatic carbocycles. The summed E-state index contributed by atoms with van der Waals surface area (Å²) in [6.45, 7) is 1.85. The second-order valence-corrected chi connectivity index (χ2v) is 7.67. The summed E-state index contributed by atoms with van der Waals surface area (Å²) in [5.41, 5.74) is 1.06. The highest BCUT2D eigenvalue weighted by Crippen LogP contribution is 2.30. The number of hydrogen-bond acceptors (Lipinski definition) is 4. The van der Waals surface area contributed by atoms with Crippen LogP contribution in [0.2, 0.25) is 0 Å². The van der Waals surface area contributed by atoms with Gasteiger partial charge in [-0.25, -0.2) is 8.42 Å². The van der Waals surface area contributed by atoms with E-state index in [0.717, 1.165) is 5.56 Å². The van der Waals surface area contributed by atoms with Crippen LogP contribution >= 0.6 is 31.9 Å². The number of nitrogens with zero attached hydrogens (tertiary/aromatic N) is 3. The standard InChI is InChI=1S/C12H10Br2N4O2S/c1-7-3-10(14)11(4-9(7)13)21(19,20)17-12-8(5-15)6-18(2)16-12/h3-4,6H,1-2H3,(H,16,17). The molecule has 0 atom stereocenters. The number of nitriles is 1. The summed E-state index contributed by atoms with van der Waals surface area (Å²) in [4.78, 5) is 0.0644. The minimum atomic E-state index is -3.86. The average Bonchev–Trinajstić information content (AvgIpc) is 2.72. The van der Waals surface area contributed by atoms with Crippen LogP contribution in [0.4, 0.5) is 5.82 Å². The van der Waals surface area contributed by atoms with Gasteiger partial charge in [0.05, 0.1) is 0 Å². The average molecular weight is 434 g/mol. The van der Waals surface area contributed by atoms with Gasteiger partial charge in [0.25, 0.3) is 10.0 Å². The van der Waals surface area contributed by atoms with Crippen LogP contribution in [0.25, 0.3) is 0 Å². The quantitative estimate of drug-likeness (QED) is 0.805. The molecule has 21 heavy (non-hydrogen) atoms. The van der Waals surface area contributed by atoms with Crippen molar-refractivity contribution < 1.29 is 8.42 Å². The van der Waals surface area contributed by atoms with Crippen LogP contribution < -0.4 is 4.72 Å². The van der Waals surface area contributed by atoms with E-state index in [0.29, 0.717) is 8.95 Å². The van der Waals surface area contributed by atoms with Crippen molar-refractivity contribution in [3.8, 4) is 6.07 Å². The molecule has 2 aromatic rings. The summed E-state index contributed by atoms with van der Waals surface area (Å²) in [6, 6.07) is 5.09. The first-order valence-electron chi connectivity index (χ1n) is 5.67. The summed E-state index contributed by atoms with van der Waals surface area (Å²) in [7, 11) is -2.25. The van der Waals surface area contributed by atoms with E-state index in [1.807, 2.05) is 13.0 Å². The van der Waals surface area contributed by atoms with E-state index in [9.17, 15) is 8.42 Å². The van der Waals surface area contributed by atoms with Crippen LogP contribution in [-0.2, 0) is 17.1 Å². The van der Waals surface area contributed by atoms with Crippen LogP contribution in [0.3, 0.4) is 0 Å². The number of nitrogens with one attached hydrogen (secondary N) is 1. The number of aromatic nitrogens is 2. The molecule has 0 saturated heterocycles. The number of hydrogen-bond donors (Lipinski definition) is 1. The summed E-state index contributed by atoms with van der Waals surface area (Å²) in [5.74, 6) is 0.00333. The fourth-order valence-electron chi connectivity index (χ4n) is 1.66. The maximum absolute atomic E-state index is 12.4. The summed E-state index contributed by atoms with van der Waals surface area (Å²) in [5, 5.41) is 12.9. The molecule has 0 amide bonds. The molecule has 1 N–H and O–H groups in total. The maximum Gasteiger partial charge on any atom is 0.264 e. The van der Waals surface area contributed by atoms with Gasteiger partial charge < -0.3 is 0 Å². The molecule has 0 bridgehead atoms. The molecular weight excluding hydrogens is 424 g/mol. The molecule has 1 heterocycles. The number of halogens is 2. The Kier molecular flexibility index (Phi) is 4.41. The van der Waals surface area contributed by atoms with Gasteiger partial charge in [-0.2, -0.15) is 10.4 Å². The Morgan fingerprint density at radius 2 is 2.00 bits per heavy atom. The second kappa shape index (κ2) is 5.79. The van der Waals surface area contributed by atoms with Crippen molar-refractivity contribution in [2.75, 3.05) is 4.72 Å². The van der Waals surface area contributed by atoms with E-state index in [1.54, 1.807) is 13.1 Å². The smallest absolute Gasteiger partial charge is 0.264 e. The molecule has 110 valence electrons. The number of rotatable bonds is 3. The summed E-state index contributed by atoms with van der Waals surface area (Å²) >= 11 is 6.55. The highest BCUT2D eigenvalue weighted by molar-refractivity contribution is 9.11. The van der Waals surface area contributed by atoms with Crippen molar-refractivity contribution >= 4 is 47.7 Å². The third kappa shape index (κ3) is 3.28. The molecule has 0 saturated carbocycles. The van der Waals surface area contributed by atoms with Crippen molar-refractivity contribution in [3.63, 3.8) is 0 Å². The molecule has 2 rings (SSSR count). The number of aryl methyl sites for hydroxylation is 2. The van der Waals surface area contributed by atoms with Gasteiger partial charge in [-0.1, -0.05) is 15.9 Å². The maximum atomic E-state index is 12.4. The summed E-state index contributed by atoms with van der Waals surface area (Å²) in [6.07, 6.45) is 1.44. The van der Waals surface area contributed by atoms with Crippen molar-refractivity contribution in [3.05, 3.63) is 38.4 Å². The molecule has 0 radical (unpaired) electrons. The third-order valence-electron chi connectivity index (χ3n) is 2.68. The van der Waals surface area contributed by atoms with Crippen LogP contribution in [-0.4, -0.2) is 18.2 Å². The zero-order valence-corrected chi connectivity index (χ0v) is 15.0. The topological polar surface area (TPSA) is 87.8 Å². The van der Waals surface area contributed by atoms with E-state index in [1.165, 1.54) is 16.9 Å². The Hall–Kier alpha value is -1.37. The van der Waals surface area contributed by atoms with Gasteiger partial charge in [0.2, 0.25) is 0 Å². The molecule has 0 aliphatic heterocycles. The lowest BCUT2D eigenvalue weighted by Gasteiger charge is -2.10. The van der Waals surface area contributed by atoms with Crippen LogP contribution in [0.1, 0.15) is 11.1 Å². The Morgan fingerprint density at radius 3 is 2.62 bits per heavy atom. The van der Waals surface area contributed by atoms with Gasteiger partial charge in [0.1, 0.15) is 16.5 Å². The Morgan fingerprint density at radius 1 is 1.33 bits per heavy atom. The fraction of sp³-hybridized carbons (Fsp3) is 0.167. The Balaban J connectivity index is 2.48. The predicted molar refractivity (Wildman–Crippen MR) is 85.3 cm³/mol. The van der Waals surface area contributed by atoms with Crippen molar-refractivity contribution in [1.29, 1.82) is 5.26 Å². The number of benzene rings is 1. The molecule has 0 fully saturated rings. The van der Waals surface area contributed by atoms with Gasteiger partial charge in [-0.3, -0.25) is 9.40 Å². The zero-order valence-electron chi connectivity index (χ0n) is 11.1. The van der Waals surface area contributed by atoms with Gasteiger partial charge >= 0.3 is 0 Å². The monoisotopic (exact) mass is 432 g/mol. The van der Waals surface area contributed by atoms with Crippen LogP contribution in [0, 0.1) is 18.3 Å². The molecule has 1 aromatic heterocycles. The third-order valence-corrected chi connectivity index (χ3v) is 5.83.